The molecule has 23 heavy (non-hydrogen) atoms. The molecule has 0 amide bonds. The third kappa shape index (κ3) is 5.51. The van der Waals surface area contributed by atoms with Crippen LogP contribution in [0.5, 0.6) is 11.5 Å². The maximum absolute atomic E-state index is 6.12. The third-order valence-corrected chi connectivity index (χ3v) is 3.68. The van der Waals surface area contributed by atoms with Gasteiger partial charge in [0.25, 0.3) is 0 Å². The number of para-hydroxylation sites is 1. The predicted octanol–water partition coefficient (Wildman–Crippen LogP) is 5.05. The molecule has 124 valence electrons. The standard InChI is InChI=1S/C20H27NO2/c1-4-13-22-19-11-8-10-17(14-19)21-15-18(5-2)23-20-12-7-6-9-16(20)3/h6-12,14,18,21H,4-5,13,15H2,1-3H3/t18-/m1/s1. The second kappa shape index (κ2) is 9.09. The number of ether oxygens (including phenoxy) is 2. The second-order valence-electron chi connectivity index (χ2n) is 5.67. The summed E-state index contributed by atoms with van der Waals surface area (Å²) in [7, 11) is 0. The second-order valence-corrected chi connectivity index (χ2v) is 5.67. The van der Waals surface area contributed by atoms with Gasteiger partial charge in [-0.05, 0) is 43.5 Å². The lowest BCUT2D eigenvalue weighted by Crippen LogP contribution is -2.25. The van der Waals surface area contributed by atoms with Crippen molar-refractivity contribution in [2.45, 2.75) is 39.7 Å². The van der Waals surface area contributed by atoms with Gasteiger partial charge in [-0.2, -0.15) is 0 Å². The minimum Gasteiger partial charge on any atom is -0.494 e. The van der Waals surface area contributed by atoms with Crippen LogP contribution in [0.15, 0.2) is 48.5 Å². The van der Waals surface area contributed by atoms with Crippen molar-refractivity contribution in [2.24, 2.45) is 0 Å². The SMILES string of the molecule is CCCOc1cccc(NC[C@@H](CC)Oc2ccccc2C)c1. The Labute approximate surface area is 139 Å². The number of rotatable bonds is 9. The van der Waals surface area contributed by atoms with Gasteiger partial charge in [-0.3, -0.25) is 0 Å². The molecule has 0 heterocycles. The van der Waals surface area contributed by atoms with Crippen LogP contribution in [0.4, 0.5) is 5.69 Å². The zero-order chi connectivity index (χ0) is 16.5. The predicted molar refractivity (Wildman–Crippen MR) is 96.6 cm³/mol. The highest BCUT2D eigenvalue weighted by atomic mass is 16.5. The van der Waals surface area contributed by atoms with Crippen LogP contribution in [0.3, 0.4) is 0 Å². The van der Waals surface area contributed by atoms with Crippen LogP contribution in [-0.4, -0.2) is 19.3 Å². The first-order valence-electron chi connectivity index (χ1n) is 8.42. The Balaban J connectivity index is 1.91. The Morgan fingerprint density at radius 2 is 1.87 bits per heavy atom. The van der Waals surface area contributed by atoms with E-state index >= 15 is 0 Å². The van der Waals surface area contributed by atoms with Crippen LogP contribution in [-0.2, 0) is 0 Å². The van der Waals surface area contributed by atoms with Crippen molar-refractivity contribution in [3.63, 3.8) is 0 Å². The molecule has 3 nitrogen and oxygen atoms in total. The summed E-state index contributed by atoms with van der Waals surface area (Å²) in [5, 5.41) is 3.45. The Kier molecular flexibility index (Phi) is 6.79. The van der Waals surface area contributed by atoms with E-state index in [0.29, 0.717) is 0 Å². The highest BCUT2D eigenvalue weighted by Crippen LogP contribution is 2.20. The Morgan fingerprint density at radius 3 is 2.61 bits per heavy atom. The van der Waals surface area contributed by atoms with Crippen molar-refractivity contribution in [3.05, 3.63) is 54.1 Å². The molecule has 0 aliphatic heterocycles. The molecule has 1 N–H and O–H groups in total. The fraction of sp³-hybridized carbons (Fsp3) is 0.400. The van der Waals surface area contributed by atoms with Crippen molar-refractivity contribution in [1.29, 1.82) is 0 Å². The van der Waals surface area contributed by atoms with Gasteiger partial charge in [-0.1, -0.05) is 38.1 Å². The van der Waals surface area contributed by atoms with Gasteiger partial charge in [0.15, 0.2) is 0 Å². The molecule has 0 saturated heterocycles. The summed E-state index contributed by atoms with van der Waals surface area (Å²) in [5.74, 6) is 1.87. The van der Waals surface area contributed by atoms with E-state index in [1.807, 2.05) is 36.4 Å². The zero-order valence-electron chi connectivity index (χ0n) is 14.3. The quantitative estimate of drug-likeness (QED) is 0.702. The molecule has 2 rings (SSSR count). The summed E-state index contributed by atoms with van der Waals surface area (Å²) < 4.78 is 11.8. The molecule has 3 heteroatoms. The van der Waals surface area contributed by atoms with Crippen molar-refractivity contribution in [2.75, 3.05) is 18.5 Å². The Hall–Kier alpha value is -2.16. The van der Waals surface area contributed by atoms with E-state index in [-0.39, 0.29) is 6.10 Å². The maximum Gasteiger partial charge on any atom is 0.122 e. The Morgan fingerprint density at radius 1 is 1.04 bits per heavy atom. The van der Waals surface area contributed by atoms with Crippen LogP contribution in [0, 0.1) is 6.92 Å². The first-order chi connectivity index (χ1) is 11.2. The van der Waals surface area contributed by atoms with Crippen LogP contribution >= 0.6 is 0 Å². The fourth-order valence-corrected chi connectivity index (χ4v) is 2.28. The van der Waals surface area contributed by atoms with Crippen molar-refractivity contribution >= 4 is 5.69 Å². The smallest absolute Gasteiger partial charge is 0.122 e. The van der Waals surface area contributed by atoms with Crippen molar-refractivity contribution in [3.8, 4) is 11.5 Å². The van der Waals surface area contributed by atoms with Crippen LogP contribution in [0.2, 0.25) is 0 Å². The number of hydrogen-bond donors (Lipinski definition) is 1. The first-order valence-corrected chi connectivity index (χ1v) is 8.42. The molecule has 0 aliphatic carbocycles. The molecule has 0 spiro atoms. The van der Waals surface area contributed by atoms with Gasteiger partial charge in [0.05, 0.1) is 13.2 Å². The fourth-order valence-electron chi connectivity index (χ4n) is 2.28. The summed E-state index contributed by atoms with van der Waals surface area (Å²) in [6.07, 6.45) is 2.10. The number of hydrogen-bond acceptors (Lipinski definition) is 3. The van der Waals surface area contributed by atoms with Gasteiger partial charge in [0, 0.05) is 11.8 Å². The van der Waals surface area contributed by atoms with Crippen LogP contribution < -0.4 is 14.8 Å². The number of nitrogens with one attached hydrogen (secondary N) is 1. The molecule has 2 aromatic carbocycles. The van der Waals surface area contributed by atoms with E-state index in [9.17, 15) is 0 Å². The van der Waals surface area contributed by atoms with E-state index < -0.39 is 0 Å². The van der Waals surface area contributed by atoms with Gasteiger partial charge in [0.1, 0.15) is 17.6 Å². The zero-order valence-corrected chi connectivity index (χ0v) is 14.3. The monoisotopic (exact) mass is 313 g/mol. The van der Waals surface area contributed by atoms with Gasteiger partial charge < -0.3 is 14.8 Å². The molecule has 2 aromatic rings. The largest absolute Gasteiger partial charge is 0.494 e. The summed E-state index contributed by atoms with van der Waals surface area (Å²) >= 11 is 0. The maximum atomic E-state index is 6.12. The molecule has 0 aromatic heterocycles. The summed E-state index contributed by atoms with van der Waals surface area (Å²) in [6, 6.07) is 16.2. The van der Waals surface area contributed by atoms with E-state index in [1.54, 1.807) is 0 Å². The topological polar surface area (TPSA) is 30.5 Å². The van der Waals surface area contributed by atoms with E-state index in [4.69, 9.17) is 9.47 Å². The number of anilines is 1. The lowest BCUT2D eigenvalue weighted by atomic mass is 10.2. The number of aryl methyl sites for hydroxylation is 1. The minimum absolute atomic E-state index is 0.135. The molecular weight excluding hydrogens is 286 g/mol. The molecule has 0 fully saturated rings. The lowest BCUT2D eigenvalue weighted by molar-refractivity contribution is 0.208. The lowest BCUT2D eigenvalue weighted by Gasteiger charge is -2.20. The van der Waals surface area contributed by atoms with Gasteiger partial charge >= 0.3 is 0 Å². The highest BCUT2D eigenvalue weighted by Gasteiger charge is 2.09. The van der Waals surface area contributed by atoms with Crippen molar-refractivity contribution < 1.29 is 9.47 Å². The number of benzene rings is 2. The first kappa shape index (κ1) is 17.2. The molecule has 0 unspecified atom stereocenters. The average Bonchev–Trinajstić information content (AvgIpc) is 2.58. The van der Waals surface area contributed by atoms with Gasteiger partial charge in [-0.15, -0.1) is 0 Å². The molecule has 0 saturated carbocycles. The van der Waals surface area contributed by atoms with Gasteiger partial charge in [0.2, 0.25) is 0 Å². The Bertz CT molecular complexity index is 598. The third-order valence-electron chi connectivity index (χ3n) is 3.68. The van der Waals surface area contributed by atoms with E-state index in [2.05, 4.69) is 38.2 Å². The molecule has 1 atom stereocenters. The van der Waals surface area contributed by atoms with E-state index in [0.717, 1.165) is 43.2 Å². The molecule has 0 aliphatic rings. The molecular formula is C20H27NO2. The van der Waals surface area contributed by atoms with Crippen molar-refractivity contribution in [1.82, 2.24) is 0 Å². The van der Waals surface area contributed by atoms with E-state index in [1.165, 1.54) is 5.56 Å². The average molecular weight is 313 g/mol. The summed E-state index contributed by atoms with van der Waals surface area (Å²) in [4.78, 5) is 0. The van der Waals surface area contributed by atoms with Crippen LogP contribution in [0.25, 0.3) is 0 Å². The van der Waals surface area contributed by atoms with Gasteiger partial charge in [-0.25, -0.2) is 0 Å². The molecule has 0 radical (unpaired) electrons. The normalized spacial score (nSPS) is 11.8. The van der Waals surface area contributed by atoms with Crippen LogP contribution in [0.1, 0.15) is 32.3 Å². The molecule has 0 bridgehead atoms. The summed E-state index contributed by atoms with van der Waals surface area (Å²) in [5.41, 5.74) is 2.23. The minimum atomic E-state index is 0.135. The highest BCUT2D eigenvalue weighted by molar-refractivity contribution is 5.48. The summed E-state index contributed by atoms with van der Waals surface area (Å²) in [6.45, 7) is 7.84.